The lowest BCUT2D eigenvalue weighted by Gasteiger charge is -2.23. The molecule has 1 aromatic carbocycles. The Balaban J connectivity index is 1.45. The minimum Gasteiger partial charge on any atom is -0.467 e. The van der Waals surface area contributed by atoms with Crippen molar-refractivity contribution in [3.05, 3.63) is 47.4 Å². The van der Waals surface area contributed by atoms with E-state index in [2.05, 4.69) is 16.0 Å². The number of nitrogens with one attached hydrogen (secondary N) is 3. The van der Waals surface area contributed by atoms with Crippen molar-refractivity contribution >= 4 is 46.8 Å². The first-order valence-electron chi connectivity index (χ1n) is 7.84. The summed E-state index contributed by atoms with van der Waals surface area (Å²) >= 11 is 7.21. The average Bonchev–Trinajstić information content (AvgIpc) is 3.12. The van der Waals surface area contributed by atoms with Gasteiger partial charge in [-0.1, -0.05) is 11.6 Å². The number of anilines is 1. The Kier molecular flexibility index (Phi) is 5.85. The third-order valence-corrected chi connectivity index (χ3v) is 5.13. The zero-order chi connectivity index (χ0) is 18.5. The predicted octanol–water partition coefficient (Wildman–Crippen LogP) is 2.17. The van der Waals surface area contributed by atoms with Gasteiger partial charge in [-0.15, -0.1) is 11.8 Å². The van der Waals surface area contributed by atoms with Gasteiger partial charge in [-0.05, 0) is 30.3 Å². The molecule has 3 N–H and O–H groups in total. The van der Waals surface area contributed by atoms with E-state index in [1.165, 1.54) is 18.0 Å². The van der Waals surface area contributed by atoms with Crippen LogP contribution < -0.4 is 16.0 Å². The molecule has 0 unspecified atom stereocenters. The van der Waals surface area contributed by atoms with Gasteiger partial charge in [-0.25, -0.2) is 0 Å². The van der Waals surface area contributed by atoms with E-state index < -0.39 is 5.25 Å². The third-order valence-electron chi connectivity index (χ3n) is 3.62. The maximum atomic E-state index is 12.1. The molecule has 1 aromatic heterocycles. The highest BCUT2D eigenvalue weighted by atomic mass is 35.5. The normalized spacial score (nSPS) is 15.7. The Hall–Kier alpha value is -2.45. The van der Waals surface area contributed by atoms with Gasteiger partial charge >= 0.3 is 0 Å². The van der Waals surface area contributed by atoms with E-state index in [0.717, 1.165) is 4.90 Å². The van der Waals surface area contributed by atoms with Crippen LogP contribution in [0.4, 0.5) is 5.69 Å². The molecule has 0 saturated carbocycles. The molecule has 1 atom stereocenters. The van der Waals surface area contributed by atoms with Crippen LogP contribution in [-0.2, 0) is 20.9 Å². The SMILES string of the molecule is O=C(CNC(=O)C[C@@H]1Sc2ccc(Cl)cc2NC1=O)NCc1ccco1. The number of hydrogen-bond donors (Lipinski definition) is 3. The zero-order valence-electron chi connectivity index (χ0n) is 13.6. The first-order valence-corrected chi connectivity index (χ1v) is 9.10. The van der Waals surface area contributed by atoms with Gasteiger partial charge < -0.3 is 20.4 Å². The van der Waals surface area contributed by atoms with Crippen LogP contribution in [0.3, 0.4) is 0 Å². The molecule has 0 aliphatic carbocycles. The monoisotopic (exact) mass is 393 g/mol. The van der Waals surface area contributed by atoms with E-state index in [-0.39, 0.29) is 37.2 Å². The van der Waals surface area contributed by atoms with E-state index in [4.69, 9.17) is 16.0 Å². The Morgan fingerprint density at radius 3 is 2.85 bits per heavy atom. The molecule has 0 spiro atoms. The third kappa shape index (κ3) is 4.80. The molecule has 26 heavy (non-hydrogen) atoms. The smallest absolute Gasteiger partial charge is 0.239 e. The van der Waals surface area contributed by atoms with E-state index in [1.54, 1.807) is 30.3 Å². The van der Waals surface area contributed by atoms with Crippen molar-refractivity contribution in [1.82, 2.24) is 10.6 Å². The summed E-state index contributed by atoms with van der Waals surface area (Å²) in [7, 11) is 0. The van der Waals surface area contributed by atoms with Crippen LogP contribution >= 0.6 is 23.4 Å². The highest BCUT2D eigenvalue weighted by Gasteiger charge is 2.29. The summed E-state index contributed by atoms with van der Waals surface area (Å²) in [5.41, 5.74) is 0.640. The van der Waals surface area contributed by atoms with Gasteiger partial charge in [-0.2, -0.15) is 0 Å². The van der Waals surface area contributed by atoms with Crippen molar-refractivity contribution in [3.8, 4) is 0 Å². The molecular weight excluding hydrogens is 378 g/mol. The second-order valence-corrected chi connectivity index (χ2v) is 7.25. The van der Waals surface area contributed by atoms with Gasteiger partial charge in [0, 0.05) is 16.3 Å². The second-order valence-electron chi connectivity index (χ2n) is 5.57. The Bertz CT molecular complexity index is 825. The van der Waals surface area contributed by atoms with Crippen molar-refractivity contribution in [2.75, 3.05) is 11.9 Å². The summed E-state index contributed by atoms with van der Waals surface area (Å²) in [6.45, 7) is 0.0900. The van der Waals surface area contributed by atoms with Crippen molar-refractivity contribution in [2.24, 2.45) is 0 Å². The molecule has 0 radical (unpaired) electrons. The molecule has 1 aliphatic rings. The van der Waals surface area contributed by atoms with Gasteiger partial charge in [0.2, 0.25) is 17.7 Å². The summed E-state index contributed by atoms with van der Waals surface area (Å²) in [6, 6.07) is 8.66. The zero-order valence-corrected chi connectivity index (χ0v) is 15.2. The minimum atomic E-state index is -0.560. The molecule has 0 saturated heterocycles. The highest BCUT2D eigenvalue weighted by molar-refractivity contribution is 8.01. The predicted molar refractivity (Wildman–Crippen MR) is 97.9 cm³/mol. The van der Waals surface area contributed by atoms with Crippen molar-refractivity contribution in [2.45, 2.75) is 23.1 Å². The number of thioether (sulfide) groups is 1. The number of furan rings is 1. The molecule has 2 aromatic rings. The van der Waals surface area contributed by atoms with E-state index in [0.29, 0.717) is 16.5 Å². The topological polar surface area (TPSA) is 100 Å². The number of fused-ring (bicyclic) bond motifs is 1. The summed E-state index contributed by atoms with van der Waals surface area (Å²) in [5, 5.41) is 7.86. The van der Waals surface area contributed by atoms with Crippen molar-refractivity contribution < 1.29 is 18.8 Å². The molecule has 2 heterocycles. The summed E-state index contributed by atoms with van der Waals surface area (Å²) < 4.78 is 5.10. The lowest BCUT2D eigenvalue weighted by atomic mass is 10.2. The Morgan fingerprint density at radius 2 is 2.08 bits per heavy atom. The summed E-state index contributed by atoms with van der Waals surface area (Å²) in [4.78, 5) is 36.7. The van der Waals surface area contributed by atoms with Crippen LogP contribution in [-0.4, -0.2) is 29.5 Å². The molecule has 1 aliphatic heterocycles. The molecule has 0 fully saturated rings. The first-order chi connectivity index (χ1) is 12.5. The minimum absolute atomic E-state index is 0.0238. The fraction of sp³-hybridized carbons (Fsp3) is 0.235. The summed E-state index contributed by atoms with van der Waals surface area (Å²) in [5.74, 6) is -0.348. The molecule has 7 nitrogen and oxygen atoms in total. The number of hydrogen-bond acceptors (Lipinski definition) is 5. The van der Waals surface area contributed by atoms with Crippen LogP contribution in [0.5, 0.6) is 0 Å². The number of carbonyl (C=O) groups excluding carboxylic acids is 3. The highest BCUT2D eigenvalue weighted by Crippen LogP contribution is 2.38. The number of carbonyl (C=O) groups is 3. The van der Waals surface area contributed by atoms with Crippen LogP contribution in [0, 0.1) is 0 Å². The maximum Gasteiger partial charge on any atom is 0.239 e. The van der Waals surface area contributed by atoms with Gasteiger partial charge in [-0.3, -0.25) is 14.4 Å². The number of rotatable bonds is 6. The maximum absolute atomic E-state index is 12.1. The molecule has 136 valence electrons. The van der Waals surface area contributed by atoms with Gasteiger partial charge in [0.05, 0.1) is 30.3 Å². The number of benzene rings is 1. The molecule has 0 bridgehead atoms. The van der Waals surface area contributed by atoms with Gasteiger partial charge in [0.15, 0.2) is 0 Å². The van der Waals surface area contributed by atoms with Crippen LogP contribution in [0.2, 0.25) is 5.02 Å². The molecule has 9 heteroatoms. The standard InChI is InChI=1S/C17H16ClN3O4S/c18-10-3-4-13-12(6-10)21-17(24)14(26-13)7-15(22)20-9-16(23)19-8-11-2-1-5-25-11/h1-6,14H,7-9H2,(H,19,23)(H,20,22)(H,21,24)/t14-/m0/s1. The number of halogens is 1. The Labute approximate surface area is 158 Å². The van der Waals surface area contributed by atoms with E-state index in [1.807, 2.05) is 0 Å². The van der Waals surface area contributed by atoms with Crippen molar-refractivity contribution in [1.29, 1.82) is 0 Å². The first kappa shape index (κ1) is 18.3. The fourth-order valence-corrected chi connectivity index (χ4v) is 3.60. The largest absolute Gasteiger partial charge is 0.467 e. The second kappa shape index (κ2) is 8.29. The Morgan fingerprint density at radius 1 is 1.23 bits per heavy atom. The average molecular weight is 394 g/mol. The molecule has 3 amide bonds. The van der Waals surface area contributed by atoms with Gasteiger partial charge in [0.1, 0.15) is 5.76 Å². The van der Waals surface area contributed by atoms with Gasteiger partial charge in [0.25, 0.3) is 0 Å². The number of amides is 3. The quantitative estimate of drug-likeness (QED) is 0.698. The molecular formula is C17H16ClN3O4S. The van der Waals surface area contributed by atoms with Crippen molar-refractivity contribution in [3.63, 3.8) is 0 Å². The van der Waals surface area contributed by atoms with Crippen LogP contribution in [0.25, 0.3) is 0 Å². The summed E-state index contributed by atoms with van der Waals surface area (Å²) in [6.07, 6.45) is 1.49. The van der Waals surface area contributed by atoms with E-state index in [9.17, 15) is 14.4 Å². The van der Waals surface area contributed by atoms with Crippen LogP contribution in [0.15, 0.2) is 45.9 Å². The molecule has 3 rings (SSSR count). The lowest BCUT2D eigenvalue weighted by molar-refractivity contribution is -0.127. The fourth-order valence-electron chi connectivity index (χ4n) is 2.34. The lowest BCUT2D eigenvalue weighted by Crippen LogP contribution is -2.39. The van der Waals surface area contributed by atoms with Crippen LogP contribution in [0.1, 0.15) is 12.2 Å². The van der Waals surface area contributed by atoms with E-state index >= 15 is 0 Å².